The summed E-state index contributed by atoms with van der Waals surface area (Å²) in [4.78, 5) is 0. The molecule has 0 saturated heterocycles. The highest BCUT2D eigenvalue weighted by atomic mass is 14.2. The van der Waals surface area contributed by atoms with Crippen molar-refractivity contribution in [3.63, 3.8) is 0 Å². The molecule has 55 heavy (non-hydrogen) atoms. The van der Waals surface area contributed by atoms with Gasteiger partial charge in [0.05, 0.1) is 0 Å². The second-order valence-electron chi connectivity index (χ2n) is 15.3. The predicted octanol–water partition coefficient (Wildman–Crippen LogP) is 16.1. The lowest BCUT2D eigenvalue weighted by molar-refractivity contribution is 0.924. The first-order chi connectivity index (χ1) is 26.9. The van der Waals surface area contributed by atoms with E-state index in [1.807, 2.05) is 0 Å². The average Bonchev–Trinajstić information content (AvgIpc) is 3.20. The Morgan fingerprint density at radius 1 is 0.636 bits per heavy atom. The van der Waals surface area contributed by atoms with Gasteiger partial charge in [-0.1, -0.05) is 182 Å². The lowest BCUT2D eigenvalue weighted by atomic mass is 9.81. The molecule has 0 aromatic heterocycles. The van der Waals surface area contributed by atoms with Gasteiger partial charge in [0, 0.05) is 0 Å². The number of fused-ring (bicyclic) bond motifs is 4. The lowest BCUT2D eigenvalue weighted by Gasteiger charge is -2.22. The monoisotopic (exact) mass is 710 g/mol. The number of benzene rings is 7. The van der Waals surface area contributed by atoms with Gasteiger partial charge in [-0.15, -0.1) is 0 Å². The molecule has 8 rings (SSSR count). The third-order valence-corrected chi connectivity index (χ3v) is 11.2. The van der Waals surface area contributed by atoms with E-state index < -0.39 is 0 Å². The van der Waals surface area contributed by atoms with Crippen LogP contribution in [0.5, 0.6) is 0 Å². The molecule has 0 fully saturated rings. The van der Waals surface area contributed by atoms with E-state index in [2.05, 4.69) is 198 Å². The maximum Gasteiger partial charge on any atom is -0.00199 e. The number of hydrogen-bond acceptors (Lipinski definition) is 0. The summed E-state index contributed by atoms with van der Waals surface area (Å²) in [5.41, 5.74) is 14.6. The second-order valence-corrected chi connectivity index (χ2v) is 15.3. The van der Waals surface area contributed by atoms with Crippen LogP contribution in [0.3, 0.4) is 0 Å². The fourth-order valence-electron chi connectivity index (χ4n) is 8.64. The molecule has 0 atom stereocenters. The standard InChI is InChI=1S/C55H50/c1-6-8-17-43(34-37(3)4)40-20-13-25-45(38(5)28-30-40)44-31-33-51-53(36-44)55(49-27-15-22-42-19-10-12-24-47(42)49)50-32-29-39(16-7-2)35-52(50)54(51)48-26-14-21-41-18-9-11-23-46(41)48/h6,8-15,17-27,29,31-36H,7,16,28,30H2,1-5H3/b8-6-,25-13-,40-20+,43-17+,45-38?. The highest BCUT2D eigenvalue weighted by molar-refractivity contribution is 6.25. The molecule has 270 valence electrons. The van der Waals surface area contributed by atoms with Gasteiger partial charge in [0.2, 0.25) is 0 Å². The van der Waals surface area contributed by atoms with Crippen LogP contribution in [-0.4, -0.2) is 0 Å². The molecule has 7 aromatic carbocycles. The van der Waals surface area contributed by atoms with Crippen LogP contribution in [0.1, 0.15) is 65.0 Å². The number of rotatable bonds is 8. The predicted molar refractivity (Wildman–Crippen MR) is 243 cm³/mol. The number of allylic oxidation sites excluding steroid dienone is 12. The van der Waals surface area contributed by atoms with Crippen molar-refractivity contribution in [3.8, 4) is 22.3 Å². The molecule has 1 aliphatic rings. The van der Waals surface area contributed by atoms with Gasteiger partial charge in [-0.3, -0.25) is 0 Å². The minimum atomic E-state index is 0.998. The molecular formula is C55H50. The van der Waals surface area contributed by atoms with Crippen molar-refractivity contribution in [2.24, 2.45) is 0 Å². The van der Waals surface area contributed by atoms with E-state index in [1.165, 1.54) is 104 Å². The third kappa shape index (κ3) is 7.06. The Morgan fingerprint density at radius 2 is 1.25 bits per heavy atom. The summed E-state index contributed by atoms with van der Waals surface area (Å²) in [6.07, 6.45) is 19.9. The van der Waals surface area contributed by atoms with Gasteiger partial charge in [0.1, 0.15) is 0 Å². The van der Waals surface area contributed by atoms with Crippen molar-refractivity contribution in [2.75, 3.05) is 0 Å². The average molecular weight is 711 g/mol. The first-order valence-corrected chi connectivity index (χ1v) is 20.0. The minimum absolute atomic E-state index is 0.998. The van der Waals surface area contributed by atoms with Crippen molar-refractivity contribution in [1.82, 2.24) is 0 Å². The Bertz CT molecular complexity index is 2770. The zero-order valence-electron chi connectivity index (χ0n) is 32.9. The van der Waals surface area contributed by atoms with Gasteiger partial charge in [0.15, 0.2) is 0 Å². The van der Waals surface area contributed by atoms with Crippen LogP contribution in [0.2, 0.25) is 0 Å². The summed E-state index contributed by atoms with van der Waals surface area (Å²) in [6, 6.07) is 45.9. The summed E-state index contributed by atoms with van der Waals surface area (Å²) in [6.45, 7) is 11.0. The van der Waals surface area contributed by atoms with Crippen LogP contribution in [0, 0.1) is 0 Å². The Labute approximate surface area is 327 Å². The van der Waals surface area contributed by atoms with E-state index in [9.17, 15) is 0 Å². The van der Waals surface area contributed by atoms with Gasteiger partial charge < -0.3 is 0 Å². The Hall–Kier alpha value is -5.98. The Balaban J connectivity index is 1.43. The summed E-state index contributed by atoms with van der Waals surface area (Å²) in [5, 5.41) is 10.3. The maximum atomic E-state index is 2.50. The molecule has 0 saturated carbocycles. The highest BCUT2D eigenvalue weighted by Crippen LogP contribution is 2.48. The zero-order chi connectivity index (χ0) is 37.9. The third-order valence-electron chi connectivity index (χ3n) is 11.2. The molecule has 0 unspecified atom stereocenters. The van der Waals surface area contributed by atoms with Crippen LogP contribution in [-0.2, 0) is 6.42 Å². The second kappa shape index (κ2) is 15.8. The van der Waals surface area contributed by atoms with E-state index >= 15 is 0 Å². The fourth-order valence-corrected chi connectivity index (χ4v) is 8.64. The van der Waals surface area contributed by atoms with E-state index in [-0.39, 0.29) is 0 Å². The molecule has 0 heterocycles. The van der Waals surface area contributed by atoms with Crippen LogP contribution in [0.25, 0.3) is 70.9 Å². The van der Waals surface area contributed by atoms with Gasteiger partial charge in [-0.2, -0.15) is 0 Å². The molecule has 0 N–H and O–H groups in total. The molecule has 1 aliphatic carbocycles. The van der Waals surface area contributed by atoms with E-state index in [4.69, 9.17) is 0 Å². The summed E-state index contributed by atoms with van der Waals surface area (Å²) in [7, 11) is 0. The molecule has 0 heteroatoms. The lowest BCUT2D eigenvalue weighted by Crippen LogP contribution is -1.97. The molecule has 0 bridgehead atoms. The molecular weight excluding hydrogens is 661 g/mol. The largest absolute Gasteiger partial charge is 0.0876 e. The van der Waals surface area contributed by atoms with Crippen molar-refractivity contribution < 1.29 is 0 Å². The van der Waals surface area contributed by atoms with Crippen LogP contribution < -0.4 is 0 Å². The molecule has 0 nitrogen and oxygen atoms in total. The van der Waals surface area contributed by atoms with Gasteiger partial charge in [-0.05, 0) is 146 Å². The zero-order valence-corrected chi connectivity index (χ0v) is 32.9. The van der Waals surface area contributed by atoms with Crippen molar-refractivity contribution in [2.45, 2.75) is 60.3 Å². The molecule has 0 aliphatic heterocycles. The molecule has 7 aromatic rings. The normalized spacial score (nSPS) is 15.4. The van der Waals surface area contributed by atoms with E-state index in [1.54, 1.807) is 0 Å². The Kier molecular flexibility index (Phi) is 10.3. The van der Waals surface area contributed by atoms with Crippen molar-refractivity contribution in [3.05, 3.63) is 197 Å². The quantitative estimate of drug-likeness (QED) is 0.109. The van der Waals surface area contributed by atoms with E-state index in [0.29, 0.717) is 0 Å². The number of hydrogen-bond donors (Lipinski definition) is 0. The number of aryl methyl sites for hydroxylation is 1. The minimum Gasteiger partial charge on any atom is -0.0876 e. The van der Waals surface area contributed by atoms with E-state index in [0.717, 1.165) is 25.7 Å². The summed E-state index contributed by atoms with van der Waals surface area (Å²) < 4.78 is 0. The topological polar surface area (TPSA) is 0 Å². The smallest absolute Gasteiger partial charge is 0.00199 e. The summed E-state index contributed by atoms with van der Waals surface area (Å²) >= 11 is 0. The Morgan fingerprint density at radius 3 is 1.89 bits per heavy atom. The van der Waals surface area contributed by atoms with Crippen LogP contribution in [0.15, 0.2) is 186 Å². The first-order valence-electron chi connectivity index (χ1n) is 20.0. The molecule has 0 amide bonds. The molecule has 0 spiro atoms. The van der Waals surface area contributed by atoms with Crippen molar-refractivity contribution >= 4 is 48.7 Å². The highest BCUT2D eigenvalue weighted by Gasteiger charge is 2.21. The summed E-state index contributed by atoms with van der Waals surface area (Å²) in [5.74, 6) is 0. The van der Waals surface area contributed by atoms with Crippen LogP contribution >= 0.6 is 0 Å². The van der Waals surface area contributed by atoms with Crippen LogP contribution in [0.4, 0.5) is 0 Å². The maximum absolute atomic E-state index is 2.50. The first kappa shape index (κ1) is 36.0. The SMILES string of the molecule is C\C=C/C=C(C=C(C)C)/C1=C/C=C\C(c2ccc3c(-c4cccc5ccccc45)c4cc(CCC)ccc4c(-c4cccc5ccccc45)c3c2)=C(C)CC1. The van der Waals surface area contributed by atoms with Gasteiger partial charge >= 0.3 is 0 Å². The fraction of sp³-hybridized carbons (Fsp3) is 0.164. The molecule has 0 radical (unpaired) electrons. The van der Waals surface area contributed by atoms with Gasteiger partial charge in [0.25, 0.3) is 0 Å². The van der Waals surface area contributed by atoms with Gasteiger partial charge in [-0.25, -0.2) is 0 Å². The van der Waals surface area contributed by atoms with Crippen molar-refractivity contribution in [1.29, 1.82) is 0 Å².